The highest BCUT2D eigenvalue weighted by Crippen LogP contribution is 2.44. The standard InChI is InChI=1S/C8H15NO.C8H14.2C7H14N2.C7H13NO.C7H12.C6H12N2.C6H13N/c1-2-4-8(3-1)7-10-6-5-9-8;1-2-7-4-5-8(3-1)6-7;1-4-8-5-2-7(1)3-6-9-7;1-2-7(9-4-1)3-5-8-6-7;1-2-4-7(3-1)5-9-6-8-7;1-2-7-4-3-6(1)5-7;1-3-7-5-6(1)2-4-8-6;1-2-4-6-7-5-3-1/h9H,1-7H2;7-8H,1-6H2;2*8-9H,1-6H2;8H,1-6H2;6-7H,1-5H2;7-8H,1-5H2;7H,1-6H2. The Bertz CT molecular complexity index is 1190. The van der Waals surface area contributed by atoms with Crippen LogP contribution in [0.1, 0.15) is 199 Å². The van der Waals surface area contributed by atoms with Crippen molar-refractivity contribution in [2.45, 2.75) is 227 Å². The normalized spacial score (nSPS) is 37.3. The lowest BCUT2D eigenvalue weighted by Crippen LogP contribution is -2.61. The zero-order valence-corrected chi connectivity index (χ0v) is 43.4. The molecule has 4 unspecified atom stereocenters. The van der Waals surface area contributed by atoms with E-state index in [0.717, 1.165) is 44.9 Å². The molecule has 0 radical (unpaired) electrons. The highest BCUT2D eigenvalue weighted by molar-refractivity contribution is 5.03. The SMILES string of the molecule is C1CC2(CCN1)CCN2.C1CC2(CCN2)CN1.C1CC2CCC(C1)C2.C1CC2CCC1C2.C1CCC2(C1)COCCN2.C1CCC2(C1)COCN2.C1CCCNCC1.C1CNC2(C1)CCNC2. The smallest absolute Gasteiger partial charge is 0.0971 e. The van der Waals surface area contributed by atoms with Gasteiger partial charge in [-0.3, -0.25) is 5.32 Å². The van der Waals surface area contributed by atoms with Gasteiger partial charge in [0.2, 0.25) is 0 Å². The number of hydrogen-bond acceptors (Lipinski definition) is 11. The van der Waals surface area contributed by atoms with Crippen LogP contribution < -0.4 is 47.9 Å². The van der Waals surface area contributed by atoms with E-state index in [4.69, 9.17) is 9.47 Å². The van der Waals surface area contributed by atoms with E-state index in [1.165, 1.54) is 219 Å². The molecule has 67 heavy (non-hydrogen) atoms. The molecule has 15 aliphatic rings. The summed E-state index contributed by atoms with van der Waals surface area (Å²) < 4.78 is 10.7. The largest absolute Gasteiger partial charge is 0.378 e. The molecular formula is C56H107N9O2. The number of hydrogen-bond donors (Lipinski definition) is 9. The lowest BCUT2D eigenvalue weighted by molar-refractivity contribution is 0.0302. The second kappa shape index (κ2) is 27.6. The Morgan fingerprint density at radius 3 is 1.09 bits per heavy atom. The third-order valence-electron chi connectivity index (χ3n) is 19.7. The van der Waals surface area contributed by atoms with E-state index in [0.29, 0.717) is 27.7 Å². The van der Waals surface area contributed by atoms with Gasteiger partial charge < -0.3 is 52.0 Å². The molecule has 4 atom stereocenters. The lowest BCUT2D eigenvalue weighted by atomic mass is 9.80. The molecule has 0 aromatic rings. The van der Waals surface area contributed by atoms with Crippen molar-refractivity contribution < 1.29 is 9.47 Å². The monoisotopic (exact) mass is 938 g/mol. The van der Waals surface area contributed by atoms with Gasteiger partial charge >= 0.3 is 0 Å². The molecule has 6 aliphatic carbocycles. The molecule has 0 amide bonds. The van der Waals surface area contributed by atoms with Crippen LogP contribution >= 0.6 is 0 Å². The van der Waals surface area contributed by atoms with Crippen molar-refractivity contribution in [1.82, 2.24) is 47.9 Å². The van der Waals surface area contributed by atoms with Gasteiger partial charge in [-0.1, -0.05) is 96.3 Å². The number of nitrogens with one attached hydrogen (secondary N) is 9. The average molecular weight is 939 g/mol. The maximum atomic E-state index is 5.44. The summed E-state index contributed by atoms with van der Waals surface area (Å²) in [6.07, 6.45) is 44.6. The van der Waals surface area contributed by atoms with Crippen molar-refractivity contribution in [2.75, 3.05) is 105 Å². The molecule has 9 aliphatic heterocycles. The minimum absolute atomic E-state index is 0.401. The second-order valence-corrected chi connectivity index (χ2v) is 24.7. The van der Waals surface area contributed by atoms with Crippen molar-refractivity contribution >= 4 is 0 Å². The molecule has 11 heteroatoms. The fourth-order valence-electron chi connectivity index (χ4n) is 14.9. The van der Waals surface area contributed by atoms with Gasteiger partial charge in [-0.25, -0.2) is 0 Å². The van der Waals surface area contributed by atoms with Crippen molar-refractivity contribution in [3.05, 3.63) is 0 Å². The maximum absolute atomic E-state index is 5.44. The van der Waals surface area contributed by atoms with Gasteiger partial charge in [-0.15, -0.1) is 0 Å². The van der Waals surface area contributed by atoms with Gasteiger partial charge in [0.25, 0.3) is 0 Å². The second-order valence-electron chi connectivity index (χ2n) is 24.7. The molecule has 0 aromatic carbocycles. The Hall–Kier alpha value is -0.440. The van der Waals surface area contributed by atoms with E-state index >= 15 is 0 Å². The third-order valence-corrected chi connectivity index (χ3v) is 19.7. The fourth-order valence-corrected chi connectivity index (χ4v) is 14.9. The van der Waals surface area contributed by atoms with E-state index in [9.17, 15) is 0 Å². The Kier molecular flexibility index (Phi) is 21.8. The van der Waals surface area contributed by atoms with Crippen molar-refractivity contribution in [1.29, 1.82) is 0 Å². The predicted octanol–water partition coefficient (Wildman–Crippen LogP) is 7.64. The first kappa shape index (κ1) is 52.9. The van der Waals surface area contributed by atoms with Gasteiger partial charge in [0.15, 0.2) is 0 Å². The number of ether oxygens (including phenoxy) is 2. The van der Waals surface area contributed by atoms with Gasteiger partial charge in [0, 0.05) is 47.3 Å². The molecule has 4 bridgehead atoms. The first-order valence-electron chi connectivity index (χ1n) is 29.7. The summed E-state index contributed by atoms with van der Waals surface area (Å²) >= 11 is 0. The summed E-state index contributed by atoms with van der Waals surface area (Å²) in [6, 6.07) is 0. The van der Waals surface area contributed by atoms with Crippen LogP contribution in [0.25, 0.3) is 0 Å². The summed E-state index contributed by atoms with van der Waals surface area (Å²) in [5.41, 5.74) is 2.49. The molecule has 9 heterocycles. The van der Waals surface area contributed by atoms with Crippen LogP contribution in [0, 0.1) is 23.7 Å². The van der Waals surface area contributed by atoms with Crippen LogP contribution in [0.3, 0.4) is 0 Å². The first-order valence-corrected chi connectivity index (χ1v) is 29.7. The molecule has 11 nitrogen and oxygen atoms in total. The Morgan fingerprint density at radius 2 is 0.716 bits per heavy atom. The van der Waals surface area contributed by atoms with E-state index < -0.39 is 0 Å². The molecule has 6 saturated carbocycles. The summed E-state index contributed by atoms with van der Waals surface area (Å²) in [5.74, 6) is 4.66. The number of rotatable bonds is 0. The van der Waals surface area contributed by atoms with E-state index in [-0.39, 0.29) is 0 Å². The zero-order valence-electron chi connectivity index (χ0n) is 43.4. The number of morpholine rings is 1. The minimum atomic E-state index is 0.401. The molecule has 0 aromatic heterocycles. The average Bonchev–Trinajstić information content (AvgIpc) is 4.22. The van der Waals surface area contributed by atoms with Gasteiger partial charge in [0.05, 0.1) is 26.6 Å². The Balaban J connectivity index is 0.000000104. The number of piperidine rings is 1. The molecule has 5 spiro atoms. The summed E-state index contributed by atoms with van der Waals surface area (Å²) in [4.78, 5) is 0. The molecular weight excluding hydrogens is 831 g/mol. The lowest BCUT2D eigenvalue weighted by Gasteiger charge is -2.46. The van der Waals surface area contributed by atoms with Crippen molar-refractivity contribution in [2.24, 2.45) is 23.7 Å². The topological polar surface area (TPSA) is 127 Å². The molecule has 9 N–H and O–H groups in total. The molecule has 15 fully saturated rings. The van der Waals surface area contributed by atoms with Crippen LogP contribution in [-0.4, -0.2) is 133 Å². The van der Waals surface area contributed by atoms with E-state index in [2.05, 4.69) is 47.9 Å². The maximum Gasteiger partial charge on any atom is 0.0971 e. The van der Waals surface area contributed by atoms with Crippen molar-refractivity contribution in [3.63, 3.8) is 0 Å². The minimum Gasteiger partial charge on any atom is -0.378 e. The summed E-state index contributed by atoms with van der Waals surface area (Å²) in [6.45, 7) is 18.1. The van der Waals surface area contributed by atoms with Gasteiger partial charge in [-0.05, 0) is 185 Å². The Morgan fingerprint density at radius 1 is 0.284 bits per heavy atom. The van der Waals surface area contributed by atoms with Gasteiger partial charge in [0.1, 0.15) is 0 Å². The zero-order chi connectivity index (χ0) is 45.8. The first-order chi connectivity index (χ1) is 33.0. The van der Waals surface area contributed by atoms with Crippen molar-refractivity contribution in [3.8, 4) is 0 Å². The Labute approximate surface area is 411 Å². The quantitative estimate of drug-likeness (QED) is 0.119. The summed E-state index contributed by atoms with van der Waals surface area (Å²) in [7, 11) is 0. The molecule has 388 valence electrons. The van der Waals surface area contributed by atoms with Crippen LogP contribution in [0.4, 0.5) is 0 Å². The van der Waals surface area contributed by atoms with E-state index in [1.54, 1.807) is 64.2 Å². The third kappa shape index (κ3) is 16.8. The van der Waals surface area contributed by atoms with Crippen LogP contribution in [-0.2, 0) is 9.47 Å². The number of fused-ring (bicyclic) bond motifs is 4. The molecule has 9 saturated heterocycles. The van der Waals surface area contributed by atoms with Crippen LogP contribution in [0.5, 0.6) is 0 Å². The highest BCUT2D eigenvalue weighted by atomic mass is 16.5. The van der Waals surface area contributed by atoms with Crippen LogP contribution in [0.2, 0.25) is 0 Å². The fraction of sp³-hybridized carbons (Fsp3) is 1.00. The van der Waals surface area contributed by atoms with Crippen LogP contribution in [0.15, 0.2) is 0 Å². The predicted molar refractivity (Wildman–Crippen MR) is 279 cm³/mol. The molecule has 15 rings (SSSR count). The van der Waals surface area contributed by atoms with Gasteiger partial charge in [-0.2, -0.15) is 0 Å². The highest BCUT2D eigenvalue weighted by Gasteiger charge is 2.40. The summed E-state index contributed by atoms with van der Waals surface area (Å²) in [5, 5.41) is 31.0. The van der Waals surface area contributed by atoms with E-state index in [1.807, 2.05) is 0 Å².